The first-order valence-corrected chi connectivity index (χ1v) is 5.29. The zero-order valence-electron chi connectivity index (χ0n) is 8.66. The van der Waals surface area contributed by atoms with Gasteiger partial charge in [0.25, 0.3) is 0 Å². The number of hydrogen-bond acceptors (Lipinski definition) is 0. The monoisotopic (exact) mass is 184 g/mol. The van der Waals surface area contributed by atoms with Crippen LogP contribution in [0, 0.1) is 6.92 Å². The molecular weight excluding hydrogens is 168 g/mol. The Bertz CT molecular complexity index is 352. The molecule has 0 heterocycles. The van der Waals surface area contributed by atoms with Crippen molar-refractivity contribution in [3.8, 4) is 0 Å². The SMILES string of the molecule is Cc1ccc(C2=CC=CCCC2)cc1. The summed E-state index contributed by atoms with van der Waals surface area (Å²) in [5.41, 5.74) is 4.18. The van der Waals surface area contributed by atoms with Crippen LogP contribution in [0.1, 0.15) is 30.4 Å². The van der Waals surface area contributed by atoms with Crippen LogP contribution < -0.4 is 0 Å². The Morgan fingerprint density at radius 1 is 1.07 bits per heavy atom. The molecule has 14 heavy (non-hydrogen) atoms. The van der Waals surface area contributed by atoms with Gasteiger partial charge in [-0.1, -0.05) is 48.1 Å². The molecule has 0 atom stereocenters. The standard InChI is InChI=1S/C14H16/c1-12-8-10-14(11-9-12)13-6-4-2-3-5-7-13/h2,4,6,8-11H,3,5,7H2,1H3. The summed E-state index contributed by atoms with van der Waals surface area (Å²) in [5, 5.41) is 0. The third-order valence-electron chi connectivity index (χ3n) is 2.67. The molecule has 1 aromatic rings. The predicted molar refractivity (Wildman–Crippen MR) is 62.1 cm³/mol. The average Bonchev–Trinajstić information content (AvgIpc) is 2.47. The lowest BCUT2D eigenvalue weighted by atomic mass is 10.0. The zero-order chi connectivity index (χ0) is 9.80. The van der Waals surface area contributed by atoms with Gasteiger partial charge >= 0.3 is 0 Å². The molecule has 0 spiro atoms. The fourth-order valence-electron chi connectivity index (χ4n) is 1.78. The molecule has 0 N–H and O–H groups in total. The van der Waals surface area contributed by atoms with E-state index in [0.29, 0.717) is 0 Å². The maximum absolute atomic E-state index is 2.25. The van der Waals surface area contributed by atoms with Gasteiger partial charge < -0.3 is 0 Å². The smallest absolute Gasteiger partial charge is 0.0224 e. The highest BCUT2D eigenvalue weighted by atomic mass is 14.1. The molecule has 1 aliphatic rings. The Morgan fingerprint density at radius 2 is 1.86 bits per heavy atom. The summed E-state index contributed by atoms with van der Waals surface area (Å²) in [7, 11) is 0. The van der Waals surface area contributed by atoms with Crippen LogP contribution in [-0.2, 0) is 0 Å². The van der Waals surface area contributed by atoms with E-state index in [1.165, 1.54) is 36.0 Å². The summed E-state index contributed by atoms with van der Waals surface area (Å²) >= 11 is 0. The van der Waals surface area contributed by atoms with E-state index in [-0.39, 0.29) is 0 Å². The van der Waals surface area contributed by atoms with Crippen molar-refractivity contribution >= 4 is 5.57 Å². The molecule has 1 aromatic carbocycles. The van der Waals surface area contributed by atoms with E-state index in [1.54, 1.807) is 0 Å². The third-order valence-corrected chi connectivity index (χ3v) is 2.67. The molecule has 0 bridgehead atoms. The van der Waals surface area contributed by atoms with Crippen molar-refractivity contribution in [2.45, 2.75) is 26.2 Å². The quantitative estimate of drug-likeness (QED) is 0.616. The summed E-state index contributed by atoms with van der Waals surface area (Å²) in [6.45, 7) is 2.13. The first-order valence-electron chi connectivity index (χ1n) is 5.29. The second kappa shape index (κ2) is 4.28. The largest absolute Gasteiger partial charge is 0.0845 e. The predicted octanol–water partition coefficient (Wildman–Crippen LogP) is 4.12. The maximum Gasteiger partial charge on any atom is -0.0224 e. The molecule has 0 unspecified atom stereocenters. The normalized spacial score (nSPS) is 16.2. The van der Waals surface area contributed by atoms with E-state index in [2.05, 4.69) is 49.4 Å². The molecular formula is C14H16. The maximum atomic E-state index is 2.25. The molecule has 0 heteroatoms. The minimum absolute atomic E-state index is 1.20. The van der Waals surface area contributed by atoms with E-state index in [1.807, 2.05) is 0 Å². The van der Waals surface area contributed by atoms with Crippen molar-refractivity contribution in [2.75, 3.05) is 0 Å². The van der Waals surface area contributed by atoms with Gasteiger partial charge in [-0.3, -0.25) is 0 Å². The van der Waals surface area contributed by atoms with Gasteiger partial charge in [0.05, 0.1) is 0 Å². The lowest BCUT2D eigenvalue weighted by molar-refractivity contribution is 0.886. The Hall–Kier alpha value is -1.30. The number of rotatable bonds is 1. The van der Waals surface area contributed by atoms with Crippen molar-refractivity contribution in [1.82, 2.24) is 0 Å². The summed E-state index contributed by atoms with van der Waals surface area (Å²) in [6, 6.07) is 8.82. The van der Waals surface area contributed by atoms with E-state index in [9.17, 15) is 0 Å². The highest BCUT2D eigenvalue weighted by Crippen LogP contribution is 2.23. The van der Waals surface area contributed by atoms with E-state index < -0.39 is 0 Å². The fraction of sp³-hybridized carbons (Fsp3) is 0.286. The van der Waals surface area contributed by atoms with Crippen LogP contribution in [0.3, 0.4) is 0 Å². The fourth-order valence-corrected chi connectivity index (χ4v) is 1.78. The van der Waals surface area contributed by atoms with Crippen molar-refractivity contribution in [3.63, 3.8) is 0 Å². The number of hydrogen-bond donors (Lipinski definition) is 0. The van der Waals surface area contributed by atoms with Crippen LogP contribution in [0.25, 0.3) is 5.57 Å². The van der Waals surface area contributed by atoms with Gasteiger partial charge in [-0.05, 0) is 37.3 Å². The average molecular weight is 184 g/mol. The Kier molecular flexibility index (Phi) is 2.83. The highest BCUT2D eigenvalue weighted by Gasteiger charge is 2.01. The van der Waals surface area contributed by atoms with E-state index in [4.69, 9.17) is 0 Å². The van der Waals surface area contributed by atoms with E-state index in [0.717, 1.165) is 0 Å². The third kappa shape index (κ3) is 2.14. The summed E-state index contributed by atoms with van der Waals surface area (Å²) < 4.78 is 0. The number of allylic oxidation sites excluding steroid dienone is 4. The highest BCUT2D eigenvalue weighted by molar-refractivity contribution is 5.67. The van der Waals surface area contributed by atoms with Crippen LogP contribution in [0.15, 0.2) is 42.5 Å². The van der Waals surface area contributed by atoms with Crippen molar-refractivity contribution in [2.24, 2.45) is 0 Å². The minimum atomic E-state index is 1.20. The van der Waals surface area contributed by atoms with Gasteiger partial charge in [0, 0.05) is 0 Å². The molecule has 0 saturated carbocycles. The molecule has 1 aliphatic carbocycles. The number of benzene rings is 1. The Labute approximate surface area is 86.0 Å². The number of aryl methyl sites for hydroxylation is 1. The molecule has 0 fully saturated rings. The van der Waals surface area contributed by atoms with Gasteiger partial charge in [0.2, 0.25) is 0 Å². The molecule has 0 aliphatic heterocycles. The molecule has 2 rings (SSSR count). The van der Waals surface area contributed by atoms with E-state index >= 15 is 0 Å². The van der Waals surface area contributed by atoms with Crippen molar-refractivity contribution in [3.05, 3.63) is 53.6 Å². The molecule has 0 radical (unpaired) electrons. The summed E-state index contributed by atoms with van der Waals surface area (Å²) in [6.07, 6.45) is 10.4. The lowest BCUT2D eigenvalue weighted by Crippen LogP contribution is -1.84. The summed E-state index contributed by atoms with van der Waals surface area (Å²) in [4.78, 5) is 0. The van der Waals surface area contributed by atoms with Crippen molar-refractivity contribution in [1.29, 1.82) is 0 Å². The lowest BCUT2D eigenvalue weighted by Gasteiger charge is -2.05. The van der Waals surface area contributed by atoms with Crippen LogP contribution >= 0.6 is 0 Å². The first kappa shape index (κ1) is 9.26. The Morgan fingerprint density at radius 3 is 2.64 bits per heavy atom. The molecule has 0 nitrogen and oxygen atoms in total. The van der Waals surface area contributed by atoms with Crippen LogP contribution in [0.2, 0.25) is 0 Å². The van der Waals surface area contributed by atoms with Gasteiger partial charge in [-0.2, -0.15) is 0 Å². The second-order valence-corrected chi connectivity index (χ2v) is 3.88. The van der Waals surface area contributed by atoms with Gasteiger partial charge in [-0.25, -0.2) is 0 Å². The topological polar surface area (TPSA) is 0 Å². The Balaban J connectivity index is 2.25. The van der Waals surface area contributed by atoms with Gasteiger partial charge in [-0.15, -0.1) is 0 Å². The molecule has 72 valence electrons. The first-order chi connectivity index (χ1) is 6.86. The molecule has 0 saturated heterocycles. The second-order valence-electron chi connectivity index (χ2n) is 3.88. The van der Waals surface area contributed by atoms with Crippen molar-refractivity contribution < 1.29 is 0 Å². The molecule has 0 aromatic heterocycles. The van der Waals surface area contributed by atoms with Crippen LogP contribution in [0.5, 0.6) is 0 Å². The van der Waals surface area contributed by atoms with Gasteiger partial charge in [0.1, 0.15) is 0 Å². The summed E-state index contributed by atoms with van der Waals surface area (Å²) in [5.74, 6) is 0. The van der Waals surface area contributed by atoms with Crippen LogP contribution in [0.4, 0.5) is 0 Å². The molecule has 0 amide bonds. The zero-order valence-corrected chi connectivity index (χ0v) is 8.66. The van der Waals surface area contributed by atoms with Gasteiger partial charge in [0.15, 0.2) is 0 Å². The minimum Gasteiger partial charge on any atom is -0.0845 e. The van der Waals surface area contributed by atoms with Crippen LogP contribution in [-0.4, -0.2) is 0 Å².